The molecule has 174 valence electrons. The summed E-state index contributed by atoms with van der Waals surface area (Å²) in [5.74, 6) is -1.07. The highest BCUT2D eigenvalue weighted by atomic mass is 31.3. The first kappa shape index (κ1) is 27.1. The van der Waals surface area contributed by atoms with Crippen LogP contribution in [0.3, 0.4) is 0 Å². The molecule has 1 aromatic rings. The molecule has 18 heteroatoms. The topological polar surface area (TPSA) is 235 Å². The molecule has 7 atom stereocenters. The molecular formula is C12H23N2O13P3. The van der Waals surface area contributed by atoms with Crippen LogP contribution in [-0.4, -0.2) is 53.3 Å². The fourth-order valence-corrected chi connectivity index (χ4v) is 5.13. The first-order valence-corrected chi connectivity index (χ1v) is 12.4. The third-order valence-corrected chi connectivity index (χ3v) is 7.59. The van der Waals surface area contributed by atoms with Crippen LogP contribution in [0.4, 0.5) is 0 Å². The van der Waals surface area contributed by atoms with Crippen LogP contribution < -0.4 is 11.2 Å². The number of aromatic nitrogens is 2. The van der Waals surface area contributed by atoms with Crippen LogP contribution in [0.15, 0.2) is 15.8 Å². The van der Waals surface area contributed by atoms with E-state index in [2.05, 4.69) is 13.1 Å². The standard InChI is InChI=1S/C12H23N2O13P3/c1-6-4-14(12(18)13-11(6)17)8(3)10(16)9(15)7(2)5-25-29(21,22)27-30(23,24)26-28(19)20/h4,7-10,15-16,28H,5H2,1-3H3,(H,19,20)(H,21,22)(H,23,24)(H,13,17,18)/t7-,8-,9?,10-/m1/s1. The van der Waals surface area contributed by atoms with Gasteiger partial charge in [0.15, 0.2) is 0 Å². The van der Waals surface area contributed by atoms with E-state index in [9.17, 15) is 38.4 Å². The number of aromatic amines is 1. The van der Waals surface area contributed by atoms with Gasteiger partial charge in [0.2, 0.25) is 0 Å². The van der Waals surface area contributed by atoms with Crippen LogP contribution >= 0.6 is 23.9 Å². The van der Waals surface area contributed by atoms with E-state index in [-0.39, 0.29) is 5.56 Å². The minimum Gasteiger partial charge on any atom is -0.390 e. The fourth-order valence-electron chi connectivity index (χ4n) is 2.25. The molecule has 0 amide bonds. The van der Waals surface area contributed by atoms with Gasteiger partial charge in [-0.15, -0.1) is 0 Å². The lowest BCUT2D eigenvalue weighted by Gasteiger charge is -2.29. The van der Waals surface area contributed by atoms with Gasteiger partial charge in [-0.05, 0) is 13.8 Å². The van der Waals surface area contributed by atoms with Crippen molar-refractivity contribution >= 4 is 23.9 Å². The van der Waals surface area contributed by atoms with Gasteiger partial charge in [-0.3, -0.25) is 23.4 Å². The Hall–Kier alpha value is -0.950. The van der Waals surface area contributed by atoms with Crippen molar-refractivity contribution < 1.29 is 51.7 Å². The monoisotopic (exact) mass is 496 g/mol. The third kappa shape index (κ3) is 7.95. The molecule has 0 fully saturated rings. The SMILES string of the molecule is Cc1cn([C@H](C)[C@@H](O)C(O)[C@H](C)COP(=O)(O)OP(=O)(O)O[PH](=O)O)c(=O)[nH]c1=O. The summed E-state index contributed by atoms with van der Waals surface area (Å²) in [6, 6.07) is -1.03. The Kier molecular flexibility index (Phi) is 9.55. The molecule has 0 saturated heterocycles. The smallest absolute Gasteiger partial charge is 0.390 e. The Balaban J connectivity index is 2.81. The molecule has 4 unspecified atom stereocenters. The maximum atomic E-state index is 11.9. The number of phosphoric ester groups is 1. The first-order valence-electron chi connectivity index (χ1n) is 8.18. The zero-order chi connectivity index (χ0) is 23.4. The number of phosphoric acid groups is 2. The normalized spacial score (nSPS) is 21.1. The summed E-state index contributed by atoms with van der Waals surface area (Å²) in [5, 5.41) is 20.6. The quantitative estimate of drug-likeness (QED) is 0.210. The summed E-state index contributed by atoms with van der Waals surface area (Å²) in [5.41, 5.74) is -1.27. The Morgan fingerprint density at radius 1 is 1.17 bits per heavy atom. The maximum absolute atomic E-state index is 11.9. The summed E-state index contributed by atoms with van der Waals surface area (Å²) in [6.45, 7) is 3.31. The van der Waals surface area contributed by atoms with Crippen molar-refractivity contribution in [3.05, 3.63) is 32.6 Å². The average molecular weight is 496 g/mol. The molecule has 0 saturated carbocycles. The molecule has 1 aromatic heterocycles. The Morgan fingerprint density at radius 2 is 1.73 bits per heavy atom. The molecule has 0 aliphatic carbocycles. The van der Waals surface area contributed by atoms with E-state index in [4.69, 9.17) is 9.79 Å². The van der Waals surface area contributed by atoms with E-state index in [1.54, 1.807) is 0 Å². The van der Waals surface area contributed by atoms with Crippen molar-refractivity contribution in [2.45, 2.75) is 39.0 Å². The molecular weight excluding hydrogens is 473 g/mol. The van der Waals surface area contributed by atoms with Crippen LogP contribution in [-0.2, 0) is 26.8 Å². The van der Waals surface area contributed by atoms with Crippen LogP contribution in [0.1, 0.15) is 25.5 Å². The second-order valence-electron chi connectivity index (χ2n) is 6.35. The average Bonchev–Trinajstić information content (AvgIpc) is 2.58. The fraction of sp³-hybridized carbons (Fsp3) is 0.667. The van der Waals surface area contributed by atoms with E-state index in [1.165, 1.54) is 27.0 Å². The minimum absolute atomic E-state index is 0.180. The van der Waals surface area contributed by atoms with Gasteiger partial charge in [0.1, 0.15) is 6.10 Å². The van der Waals surface area contributed by atoms with E-state index < -0.39 is 65.9 Å². The summed E-state index contributed by atoms with van der Waals surface area (Å²) in [7, 11) is -14.6. The zero-order valence-corrected chi connectivity index (χ0v) is 18.7. The van der Waals surface area contributed by atoms with Gasteiger partial charge in [-0.1, -0.05) is 6.92 Å². The predicted molar refractivity (Wildman–Crippen MR) is 101 cm³/mol. The van der Waals surface area contributed by atoms with E-state index >= 15 is 0 Å². The van der Waals surface area contributed by atoms with Crippen LogP contribution in [0, 0.1) is 12.8 Å². The van der Waals surface area contributed by atoms with Crippen LogP contribution in [0.25, 0.3) is 0 Å². The Morgan fingerprint density at radius 3 is 2.27 bits per heavy atom. The third-order valence-electron chi connectivity index (χ3n) is 3.91. The number of nitrogens with zero attached hydrogens (tertiary/aromatic N) is 1. The van der Waals surface area contributed by atoms with Gasteiger partial charge in [-0.25, -0.2) is 18.2 Å². The van der Waals surface area contributed by atoms with Crippen molar-refractivity contribution in [3.63, 3.8) is 0 Å². The van der Waals surface area contributed by atoms with Gasteiger partial charge in [-0.2, -0.15) is 4.31 Å². The second-order valence-corrected chi connectivity index (χ2v) is 10.4. The largest absolute Gasteiger partial charge is 0.488 e. The number of aliphatic hydroxyl groups excluding tert-OH is 2. The molecule has 0 aliphatic rings. The van der Waals surface area contributed by atoms with E-state index in [0.717, 1.165) is 4.57 Å². The molecule has 6 N–H and O–H groups in total. The van der Waals surface area contributed by atoms with E-state index in [0.29, 0.717) is 0 Å². The number of rotatable bonds is 11. The summed E-state index contributed by atoms with van der Waals surface area (Å²) >= 11 is 0. The summed E-state index contributed by atoms with van der Waals surface area (Å²) < 4.78 is 46.2. The van der Waals surface area contributed by atoms with Gasteiger partial charge in [0.25, 0.3) is 5.56 Å². The minimum atomic E-state index is -5.38. The molecule has 1 heterocycles. The highest BCUT2D eigenvalue weighted by Gasteiger charge is 2.38. The van der Waals surface area contributed by atoms with Crippen molar-refractivity contribution in [1.82, 2.24) is 9.55 Å². The van der Waals surface area contributed by atoms with Crippen molar-refractivity contribution in [1.29, 1.82) is 0 Å². The predicted octanol–water partition coefficient (Wildman–Crippen LogP) is -0.603. The number of aryl methyl sites for hydroxylation is 1. The molecule has 0 radical (unpaired) electrons. The maximum Gasteiger partial charge on any atom is 0.488 e. The summed E-state index contributed by atoms with van der Waals surface area (Å²) in [6.07, 6.45) is -2.03. The lowest BCUT2D eigenvalue weighted by molar-refractivity contribution is -0.0478. The van der Waals surface area contributed by atoms with Crippen molar-refractivity contribution in [2.24, 2.45) is 5.92 Å². The van der Waals surface area contributed by atoms with Gasteiger partial charge < -0.3 is 24.9 Å². The lowest BCUT2D eigenvalue weighted by Crippen LogP contribution is -2.43. The summed E-state index contributed by atoms with van der Waals surface area (Å²) in [4.78, 5) is 52.3. The van der Waals surface area contributed by atoms with Gasteiger partial charge in [0, 0.05) is 17.7 Å². The number of nitrogens with one attached hydrogen (secondary N) is 1. The molecule has 0 spiro atoms. The Labute approximate surface area is 170 Å². The molecule has 15 nitrogen and oxygen atoms in total. The van der Waals surface area contributed by atoms with Crippen molar-refractivity contribution in [2.75, 3.05) is 6.61 Å². The molecule has 1 rings (SSSR count). The number of aliphatic hydroxyl groups is 2. The van der Waals surface area contributed by atoms with E-state index in [1.807, 2.05) is 4.98 Å². The zero-order valence-electron chi connectivity index (χ0n) is 15.9. The van der Waals surface area contributed by atoms with Crippen LogP contribution in [0.5, 0.6) is 0 Å². The highest BCUT2D eigenvalue weighted by molar-refractivity contribution is 7.64. The number of hydrogen-bond acceptors (Lipinski definition) is 10. The number of hydrogen-bond donors (Lipinski definition) is 6. The number of H-pyrrole nitrogens is 1. The highest BCUT2D eigenvalue weighted by Crippen LogP contribution is 2.63. The van der Waals surface area contributed by atoms with Gasteiger partial charge in [0.05, 0.1) is 18.8 Å². The first-order chi connectivity index (χ1) is 13.6. The molecule has 0 aromatic carbocycles. The lowest BCUT2D eigenvalue weighted by atomic mass is 9.96. The second kappa shape index (κ2) is 10.6. The molecule has 0 bridgehead atoms. The molecule has 0 aliphatic heterocycles. The Bertz CT molecular complexity index is 975. The van der Waals surface area contributed by atoms with Crippen LogP contribution in [0.2, 0.25) is 0 Å². The van der Waals surface area contributed by atoms with Crippen molar-refractivity contribution in [3.8, 4) is 0 Å². The molecule has 30 heavy (non-hydrogen) atoms. The van der Waals surface area contributed by atoms with Gasteiger partial charge >= 0.3 is 29.6 Å².